The summed E-state index contributed by atoms with van der Waals surface area (Å²) in [4.78, 5) is 17.7. The number of benzene rings is 1. The lowest BCUT2D eigenvalue weighted by Gasteiger charge is -2.13. The molecule has 0 fully saturated rings. The lowest BCUT2D eigenvalue weighted by molar-refractivity contribution is 0.102. The van der Waals surface area contributed by atoms with Gasteiger partial charge in [-0.05, 0) is 38.3 Å². The third kappa shape index (κ3) is 3.76. The molecule has 1 amide bonds. The van der Waals surface area contributed by atoms with Crippen LogP contribution in [0.4, 0.5) is 11.4 Å². The van der Waals surface area contributed by atoms with Crippen LogP contribution in [0.25, 0.3) is 0 Å². The van der Waals surface area contributed by atoms with Gasteiger partial charge >= 0.3 is 0 Å². The Morgan fingerprint density at radius 1 is 1.29 bits per heavy atom. The van der Waals surface area contributed by atoms with Crippen LogP contribution in [0.1, 0.15) is 23.0 Å². The first kappa shape index (κ1) is 15.4. The van der Waals surface area contributed by atoms with Crippen molar-refractivity contribution < 1.29 is 4.79 Å². The summed E-state index contributed by atoms with van der Waals surface area (Å²) >= 11 is 1.60. The van der Waals surface area contributed by atoms with E-state index in [1.165, 1.54) is 0 Å². The second kappa shape index (κ2) is 7.13. The smallest absolute Gasteiger partial charge is 0.259 e. The fourth-order valence-electron chi connectivity index (χ4n) is 2.02. The predicted octanol–water partition coefficient (Wildman–Crippen LogP) is 3.80. The Labute approximate surface area is 129 Å². The van der Waals surface area contributed by atoms with Gasteiger partial charge in [0, 0.05) is 23.3 Å². The van der Waals surface area contributed by atoms with Gasteiger partial charge in [-0.15, -0.1) is 11.8 Å². The maximum atomic E-state index is 12.5. The van der Waals surface area contributed by atoms with Crippen LogP contribution in [0.15, 0.2) is 41.4 Å². The highest BCUT2D eigenvalue weighted by Gasteiger charge is 2.13. The van der Waals surface area contributed by atoms with Crippen LogP contribution in [0.2, 0.25) is 0 Å². The predicted molar refractivity (Wildman–Crippen MR) is 89.3 cm³/mol. The third-order valence-corrected chi connectivity index (χ3v) is 3.80. The summed E-state index contributed by atoms with van der Waals surface area (Å²) in [7, 11) is 0. The number of pyridine rings is 1. The van der Waals surface area contributed by atoms with E-state index in [0.29, 0.717) is 5.56 Å². The molecule has 0 radical (unpaired) electrons. The first-order valence-corrected chi connectivity index (χ1v) is 8.03. The number of aromatic nitrogens is 1. The molecule has 5 heteroatoms. The number of nitrogens with one attached hydrogen (secondary N) is 2. The minimum Gasteiger partial charge on any atom is -0.385 e. The number of hydrogen-bond donors (Lipinski definition) is 2. The molecule has 0 aliphatic carbocycles. The summed E-state index contributed by atoms with van der Waals surface area (Å²) in [6.07, 6.45) is 3.60. The molecule has 0 atom stereocenters. The second-order valence-electron chi connectivity index (χ2n) is 4.56. The largest absolute Gasteiger partial charge is 0.385 e. The van der Waals surface area contributed by atoms with Crippen molar-refractivity contribution in [3.8, 4) is 0 Å². The molecule has 1 heterocycles. The summed E-state index contributed by atoms with van der Waals surface area (Å²) in [6.45, 7) is 4.66. The second-order valence-corrected chi connectivity index (χ2v) is 5.40. The van der Waals surface area contributed by atoms with E-state index in [1.807, 2.05) is 50.4 Å². The summed E-state index contributed by atoms with van der Waals surface area (Å²) in [5.41, 5.74) is 3.06. The van der Waals surface area contributed by atoms with Gasteiger partial charge in [-0.3, -0.25) is 9.78 Å². The number of carbonyl (C=O) groups excluding carboxylic acids is 1. The van der Waals surface area contributed by atoms with Crippen molar-refractivity contribution in [3.05, 3.63) is 47.8 Å². The monoisotopic (exact) mass is 301 g/mol. The average Bonchev–Trinajstić information content (AvgIpc) is 2.48. The quantitative estimate of drug-likeness (QED) is 0.825. The zero-order valence-electron chi connectivity index (χ0n) is 12.4. The SMILES string of the molecule is CCNc1cc(C)ncc1C(=O)Nc1ccccc1SC. The van der Waals surface area contributed by atoms with Crippen LogP contribution in [-0.4, -0.2) is 23.7 Å². The molecule has 0 unspecified atom stereocenters. The Bertz CT molecular complexity index is 643. The number of rotatable bonds is 5. The average molecular weight is 301 g/mol. The highest BCUT2D eigenvalue weighted by atomic mass is 32.2. The molecule has 110 valence electrons. The maximum Gasteiger partial charge on any atom is 0.259 e. The van der Waals surface area contributed by atoms with Crippen LogP contribution in [-0.2, 0) is 0 Å². The van der Waals surface area contributed by atoms with Crippen LogP contribution < -0.4 is 10.6 Å². The molecule has 21 heavy (non-hydrogen) atoms. The molecule has 4 nitrogen and oxygen atoms in total. The molecule has 2 aromatic rings. The fourth-order valence-corrected chi connectivity index (χ4v) is 2.57. The highest BCUT2D eigenvalue weighted by molar-refractivity contribution is 7.98. The number of thioether (sulfide) groups is 1. The van der Waals surface area contributed by atoms with Crippen molar-refractivity contribution in [2.75, 3.05) is 23.4 Å². The minimum atomic E-state index is -0.153. The molecule has 1 aromatic heterocycles. The van der Waals surface area contributed by atoms with Gasteiger partial charge in [0.25, 0.3) is 5.91 Å². The van der Waals surface area contributed by atoms with Gasteiger partial charge in [0.1, 0.15) is 0 Å². The van der Waals surface area contributed by atoms with Crippen LogP contribution >= 0.6 is 11.8 Å². The summed E-state index contributed by atoms with van der Waals surface area (Å²) < 4.78 is 0. The van der Waals surface area contributed by atoms with E-state index in [-0.39, 0.29) is 5.91 Å². The van der Waals surface area contributed by atoms with Gasteiger partial charge in [-0.25, -0.2) is 0 Å². The van der Waals surface area contributed by atoms with Crippen LogP contribution in [0, 0.1) is 6.92 Å². The van der Waals surface area contributed by atoms with Gasteiger partial charge < -0.3 is 10.6 Å². The van der Waals surface area contributed by atoms with Gasteiger partial charge in [0.15, 0.2) is 0 Å². The Morgan fingerprint density at radius 3 is 2.76 bits per heavy atom. The normalized spacial score (nSPS) is 10.2. The molecule has 0 saturated heterocycles. The number of para-hydroxylation sites is 1. The number of carbonyl (C=O) groups is 1. The van der Waals surface area contributed by atoms with Crippen LogP contribution in [0.5, 0.6) is 0 Å². The minimum absolute atomic E-state index is 0.153. The summed E-state index contributed by atoms with van der Waals surface area (Å²) in [6, 6.07) is 9.64. The van der Waals surface area contributed by atoms with Crippen LogP contribution in [0.3, 0.4) is 0 Å². The van der Waals surface area contributed by atoms with E-state index in [4.69, 9.17) is 0 Å². The molecular weight excluding hydrogens is 282 g/mol. The Kier molecular flexibility index (Phi) is 5.22. The molecule has 2 N–H and O–H groups in total. The van der Waals surface area contributed by atoms with Gasteiger partial charge in [0.05, 0.1) is 16.9 Å². The lowest BCUT2D eigenvalue weighted by Crippen LogP contribution is -2.16. The van der Waals surface area contributed by atoms with Crippen molar-refractivity contribution in [2.24, 2.45) is 0 Å². The van der Waals surface area contributed by atoms with E-state index >= 15 is 0 Å². The van der Waals surface area contributed by atoms with E-state index in [0.717, 1.165) is 28.5 Å². The highest BCUT2D eigenvalue weighted by Crippen LogP contribution is 2.26. The van der Waals surface area contributed by atoms with Crippen molar-refractivity contribution in [1.82, 2.24) is 4.98 Å². The fraction of sp³-hybridized carbons (Fsp3) is 0.250. The standard InChI is InChI=1S/C16H19N3OS/c1-4-17-14-9-11(2)18-10-12(14)16(20)19-13-7-5-6-8-15(13)21-3/h5-10H,4H2,1-3H3,(H,17,18)(H,19,20). The maximum absolute atomic E-state index is 12.5. The first-order valence-electron chi connectivity index (χ1n) is 6.80. The van der Waals surface area contributed by atoms with E-state index in [2.05, 4.69) is 15.6 Å². The molecule has 0 aliphatic heterocycles. The van der Waals surface area contributed by atoms with Gasteiger partial charge in [-0.1, -0.05) is 12.1 Å². The molecule has 1 aromatic carbocycles. The molecular formula is C16H19N3OS. The molecule has 0 aliphatic rings. The van der Waals surface area contributed by atoms with Crippen molar-refractivity contribution in [2.45, 2.75) is 18.7 Å². The molecule has 0 spiro atoms. The third-order valence-electron chi connectivity index (χ3n) is 3.01. The molecule has 0 saturated carbocycles. The topological polar surface area (TPSA) is 54.0 Å². The van der Waals surface area contributed by atoms with Gasteiger partial charge in [0.2, 0.25) is 0 Å². The van der Waals surface area contributed by atoms with E-state index in [1.54, 1.807) is 18.0 Å². The number of hydrogen-bond acceptors (Lipinski definition) is 4. The van der Waals surface area contributed by atoms with Gasteiger partial charge in [-0.2, -0.15) is 0 Å². The van der Waals surface area contributed by atoms with Crippen molar-refractivity contribution in [1.29, 1.82) is 0 Å². The lowest BCUT2D eigenvalue weighted by atomic mass is 10.2. The summed E-state index contributed by atoms with van der Waals surface area (Å²) in [5.74, 6) is -0.153. The number of amides is 1. The molecule has 2 rings (SSSR count). The summed E-state index contributed by atoms with van der Waals surface area (Å²) in [5, 5.41) is 6.16. The molecule has 0 bridgehead atoms. The zero-order chi connectivity index (χ0) is 15.2. The van der Waals surface area contributed by atoms with E-state index < -0.39 is 0 Å². The Balaban J connectivity index is 2.28. The Morgan fingerprint density at radius 2 is 2.05 bits per heavy atom. The zero-order valence-corrected chi connectivity index (χ0v) is 13.3. The van der Waals surface area contributed by atoms with E-state index in [9.17, 15) is 4.79 Å². The van der Waals surface area contributed by atoms with Crippen molar-refractivity contribution >= 4 is 29.0 Å². The van der Waals surface area contributed by atoms with Crippen molar-refractivity contribution in [3.63, 3.8) is 0 Å². The number of nitrogens with zero attached hydrogens (tertiary/aromatic N) is 1. The first-order chi connectivity index (χ1) is 10.2. The number of aryl methyl sites for hydroxylation is 1. The Hall–Kier alpha value is -2.01. The number of anilines is 2.